The van der Waals surface area contributed by atoms with Gasteiger partial charge in [-0.1, -0.05) is 55.5 Å². The highest BCUT2D eigenvalue weighted by Gasteiger charge is 2.29. The zero-order chi connectivity index (χ0) is 23.4. The number of amides is 2. The molecule has 3 N–H and O–H groups in total. The van der Waals surface area contributed by atoms with Crippen LogP contribution in [0.4, 0.5) is 4.79 Å². The number of hydrogen-bond donors (Lipinski definition) is 3. The molecule has 0 bridgehead atoms. The van der Waals surface area contributed by atoms with E-state index in [-0.39, 0.29) is 37.3 Å². The maximum absolute atomic E-state index is 12.3. The summed E-state index contributed by atoms with van der Waals surface area (Å²) in [5.74, 6) is -1.88. The van der Waals surface area contributed by atoms with Crippen LogP contribution >= 0.6 is 0 Å². The maximum atomic E-state index is 12.3. The predicted molar refractivity (Wildman–Crippen MR) is 120 cm³/mol. The fourth-order valence-electron chi connectivity index (χ4n) is 3.91. The van der Waals surface area contributed by atoms with Crippen molar-refractivity contribution in [2.45, 2.75) is 19.4 Å². The number of carboxylic acids is 1. The van der Waals surface area contributed by atoms with E-state index in [0.717, 1.165) is 22.3 Å². The number of alkyl carbamates (subject to hydrolysis) is 1. The molecule has 0 aliphatic heterocycles. The summed E-state index contributed by atoms with van der Waals surface area (Å²) in [6.07, 6.45) is -0.589. The average molecular weight is 448 g/mol. The summed E-state index contributed by atoms with van der Waals surface area (Å²) in [5.41, 5.74) is 4.56. The summed E-state index contributed by atoms with van der Waals surface area (Å²) in [6, 6.07) is 19.0. The minimum Gasteiger partial charge on any atom is -0.475 e. The summed E-state index contributed by atoms with van der Waals surface area (Å²) in [5, 5.41) is 14.1. The van der Waals surface area contributed by atoms with Crippen LogP contribution in [-0.2, 0) is 16.1 Å². The van der Waals surface area contributed by atoms with Crippen molar-refractivity contribution in [3.8, 4) is 11.1 Å². The number of rotatable bonds is 8. The van der Waals surface area contributed by atoms with Crippen LogP contribution in [0.3, 0.4) is 0 Å². The molecule has 4 rings (SSSR count). The molecule has 0 saturated heterocycles. The quantitative estimate of drug-likeness (QED) is 0.483. The van der Waals surface area contributed by atoms with Gasteiger partial charge < -0.3 is 24.9 Å². The van der Waals surface area contributed by atoms with E-state index in [2.05, 4.69) is 22.8 Å². The summed E-state index contributed by atoms with van der Waals surface area (Å²) in [6.45, 7) is 2.02. The predicted octanol–water partition coefficient (Wildman–Crippen LogP) is 3.77. The molecule has 0 fully saturated rings. The first-order valence-electron chi connectivity index (χ1n) is 10.6. The van der Waals surface area contributed by atoms with Crippen molar-refractivity contribution in [1.29, 1.82) is 0 Å². The number of carboxylic acid groups (broad SMARTS) is 1. The van der Waals surface area contributed by atoms with Crippen LogP contribution < -0.4 is 10.6 Å². The van der Waals surface area contributed by atoms with E-state index >= 15 is 0 Å². The van der Waals surface area contributed by atoms with E-state index in [1.165, 1.54) is 12.1 Å². The molecule has 1 atom stereocenters. The van der Waals surface area contributed by atoms with Gasteiger partial charge in [0, 0.05) is 12.5 Å². The largest absolute Gasteiger partial charge is 0.475 e. The lowest BCUT2D eigenvalue weighted by molar-refractivity contribution is -0.124. The minimum atomic E-state index is -1.17. The van der Waals surface area contributed by atoms with Crippen molar-refractivity contribution in [1.82, 2.24) is 10.6 Å². The summed E-state index contributed by atoms with van der Waals surface area (Å²) in [4.78, 5) is 35.3. The van der Waals surface area contributed by atoms with Crippen LogP contribution in [-0.4, -0.2) is 36.2 Å². The Labute approximate surface area is 190 Å². The van der Waals surface area contributed by atoms with Crippen LogP contribution in [0.25, 0.3) is 11.1 Å². The molecule has 8 nitrogen and oxygen atoms in total. The second kappa shape index (κ2) is 9.60. The lowest BCUT2D eigenvalue weighted by atomic mass is 9.98. The smallest absolute Gasteiger partial charge is 0.407 e. The molecular weight excluding hydrogens is 424 g/mol. The van der Waals surface area contributed by atoms with Crippen molar-refractivity contribution in [2.75, 3.05) is 13.2 Å². The number of aromatic carboxylic acids is 1. The van der Waals surface area contributed by atoms with Crippen LogP contribution in [0, 0.1) is 5.92 Å². The highest BCUT2D eigenvalue weighted by atomic mass is 16.5. The van der Waals surface area contributed by atoms with Crippen molar-refractivity contribution < 1.29 is 28.6 Å². The van der Waals surface area contributed by atoms with Gasteiger partial charge in [0.2, 0.25) is 11.7 Å². The topological polar surface area (TPSA) is 118 Å². The van der Waals surface area contributed by atoms with Crippen molar-refractivity contribution in [3.63, 3.8) is 0 Å². The Kier molecular flexibility index (Phi) is 6.44. The van der Waals surface area contributed by atoms with E-state index in [1.807, 2.05) is 36.4 Å². The highest BCUT2D eigenvalue weighted by Crippen LogP contribution is 2.44. The van der Waals surface area contributed by atoms with Gasteiger partial charge in [0.05, 0.1) is 12.5 Å². The third-order valence-electron chi connectivity index (χ3n) is 5.65. The first-order valence-corrected chi connectivity index (χ1v) is 10.6. The van der Waals surface area contributed by atoms with Crippen LogP contribution in [0.2, 0.25) is 0 Å². The van der Waals surface area contributed by atoms with Gasteiger partial charge in [-0.2, -0.15) is 0 Å². The summed E-state index contributed by atoms with van der Waals surface area (Å²) >= 11 is 0. The van der Waals surface area contributed by atoms with Gasteiger partial charge in [0.15, 0.2) is 0 Å². The molecule has 8 heteroatoms. The third kappa shape index (κ3) is 4.90. The number of ether oxygens (including phenoxy) is 1. The number of fused-ring (bicyclic) bond motifs is 3. The fraction of sp³-hybridized carbons (Fsp3) is 0.240. The molecular formula is C25H24N2O6. The van der Waals surface area contributed by atoms with Gasteiger partial charge >= 0.3 is 12.1 Å². The average Bonchev–Trinajstić information content (AvgIpc) is 3.43. The number of carbonyl (C=O) groups is 3. The van der Waals surface area contributed by atoms with Gasteiger partial charge in [0.25, 0.3) is 0 Å². The zero-order valence-electron chi connectivity index (χ0n) is 18.0. The lowest BCUT2D eigenvalue weighted by Crippen LogP contribution is -2.37. The number of furan rings is 1. The van der Waals surface area contributed by atoms with Crippen molar-refractivity contribution >= 4 is 18.0 Å². The normalized spacial score (nSPS) is 13.0. The van der Waals surface area contributed by atoms with E-state index in [9.17, 15) is 14.4 Å². The third-order valence-corrected chi connectivity index (χ3v) is 5.65. The Hall–Kier alpha value is -4.07. The molecule has 1 aromatic heterocycles. The van der Waals surface area contributed by atoms with Crippen LogP contribution in [0.15, 0.2) is 65.1 Å². The second-order valence-electron chi connectivity index (χ2n) is 7.90. The molecule has 2 aromatic carbocycles. The highest BCUT2D eigenvalue weighted by molar-refractivity contribution is 5.84. The molecule has 170 valence electrons. The van der Waals surface area contributed by atoms with Crippen molar-refractivity contribution in [2.24, 2.45) is 5.92 Å². The van der Waals surface area contributed by atoms with Gasteiger partial charge in [0.1, 0.15) is 12.4 Å². The molecule has 1 aliphatic rings. The molecule has 3 aromatic rings. The lowest BCUT2D eigenvalue weighted by Gasteiger charge is -2.16. The van der Waals surface area contributed by atoms with E-state index < -0.39 is 18.0 Å². The van der Waals surface area contributed by atoms with Crippen molar-refractivity contribution in [3.05, 3.63) is 83.3 Å². The molecule has 2 amide bonds. The zero-order valence-corrected chi connectivity index (χ0v) is 18.0. The number of benzene rings is 2. The standard InChI is InChI=1S/C25H24N2O6/c1-15(23(28)26-13-16-10-11-22(33-16)24(29)30)12-27-25(31)32-14-21-19-8-4-2-6-17(19)18-7-3-5-9-20(18)21/h2-11,15,21H,12-14H2,1H3,(H,26,28)(H,27,31)(H,29,30). The molecule has 1 heterocycles. The Morgan fingerprint density at radius 1 is 0.970 bits per heavy atom. The minimum absolute atomic E-state index is 0.0344. The molecule has 1 unspecified atom stereocenters. The Balaban J connectivity index is 1.25. The first-order chi connectivity index (χ1) is 15.9. The molecule has 0 radical (unpaired) electrons. The first kappa shape index (κ1) is 22.1. The Morgan fingerprint density at radius 2 is 1.61 bits per heavy atom. The molecule has 1 aliphatic carbocycles. The van der Waals surface area contributed by atoms with Crippen LogP contribution in [0.1, 0.15) is 40.3 Å². The number of hydrogen-bond acceptors (Lipinski definition) is 5. The summed E-state index contributed by atoms with van der Waals surface area (Å²) in [7, 11) is 0. The fourth-order valence-corrected chi connectivity index (χ4v) is 3.91. The van der Waals surface area contributed by atoms with E-state index in [0.29, 0.717) is 5.76 Å². The SMILES string of the molecule is CC(CNC(=O)OCC1c2ccccc2-c2ccccc21)C(=O)NCc1ccc(C(=O)O)o1. The number of nitrogens with one attached hydrogen (secondary N) is 2. The van der Waals surface area contributed by atoms with E-state index in [4.69, 9.17) is 14.3 Å². The molecule has 0 spiro atoms. The number of carbonyl (C=O) groups excluding carboxylic acids is 2. The van der Waals surface area contributed by atoms with Crippen LogP contribution in [0.5, 0.6) is 0 Å². The maximum Gasteiger partial charge on any atom is 0.407 e. The molecule has 0 saturated carbocycles. The Morgan fingerprint density at radius 3 is 2.21 bits per heavy atom. The second-order valence-corrected chi connectivity index (χ2v) is 7.90. The molecule has 33 heavy (non-hydrogen) atoms. The van der Waals surface area contributed by atoms with Gasteiger partial charge in [-0.15, -0.1) is 0 Å². The Bertz CT molecular complexity index is 1140. The van der Waals surface area contributed by atoms with Gasteiger partial charge in [-0.05, 0) is 34.4 Å². The monoisotopic (exact) mass is 448 g/mol. The van der Waals surface area contributed by atoms with E-state index in [1.54, 1.807) is 6.92 Å². The van der Waals surface area contributed by atoms with Gasteiger partial charge in [-0.3, -0.25) is 4.79 Å². The summed E-state index contributed by atoms with van der Waals surface area (Å²) < 4.78 is 10.6. The van der Waals surface area contributed by atoms with Gasteiger partial charge in [-0.25, -0.2) is 9.59 Å².